The van der Waals surface area contributed by atoms with Crippen LogP contribution in [0.25, 0.3) is 11.2 Å². The normalized spacial score (nSPS) is 12.3. The first-order valence-corrected chi connectivity index (χ1v) is 6.54. The third-order valence-electron chi connectivity index (χ3n) is 3.06. The van der Waals surface area contributed by atoms with Crippen LogP contribution in [0.3, 0.4) is 0 Å². The zero-order valence-electron chi connectivity index (χ0n) is 11.9. The van der Waals surface area contributed by atoms with Crippen molar-refractivity contribution < 1.29 is 9.53 Å². The Kier molecular flexibility index (Phi) is 4.07. The van der Waals surface area contributed by atoms with Gasteiger partial charge in [-0.2, -0.15) is 4.98 Å². The third kappa shape index (κ3) is 2.52. The summed E-state index contributed by atoms with van der Waals surface area (Å²) in [5.74, 6) is 0.613. The van der Waals surface area contributed by atoms with Gasteiger partial charge >= 0.3 is 0 Å². The fourth-order valence-corrected chi connectivity index (χ4v) is 1.98. The maximum Gasteiger partial charge on any atom is 0.242 e. The minimum Gasteiger partial charge on any atom is -0.481 e. The van der Waals surface area contributed by atoms with Gasteiger partial charge in [0, 0.05) is 12.6 Å². The summed E-state index contributed by atoms with van der Waals surface area (Å²) in [5.41, 5.74) is 7.08. The van der Waals surface area contributed by atoms with Crippen LogP contribution in [0.1, 0.15) is 26.3 Å². The molecule has 20 heavy (non-hydrogen) atoms. The number of hydrogen-bond acceptors (Lipinski definition) is 5. The van der Waals surface area contributed by atoms with E-state index in [4.69, 9.17) is 10.5 Å². The van der Waals surface area contributed by atoms with Gasteiger partial charge in [-0.1, -0.05) is 6.92 Å². The molecule has 2 aromatic rings. The zero-order chi connectivity index (χ0) is 14.7. The van der Waals surface area contributed by atoms with Crippen molar-refractivity contribution in [2.45, 2.75) is 26.3 Å². The van der Waals surface area contributed by atoms with Gasteiger partial charge in [0.05, 0.1) is 7.11 Å². The highest BCUT2D eigenvalue weighted by molar-refractivity contribution is 5.84. The van der Waals surface area contributed by atoms with E-state index in [9.17, 15) is 4.79 Å². The van der Waals surface area contributed by atoms with Gasteiger partial charge in [0.2, 0.25) is 17.7 Å². The zero-order valence-corrected chi connectivity index (χ0v) is 11.9. The van der Waals surface area contributed by atoms with E-state index in [0.29, 0.717) is 23.6 Å². The van der Waals surface area contributed by atoms with E-state index >= 15 is 0 Å². The molecule has 0 aliphatic heterocycles. The summed E-state index contributed by atoms with van der Waals surface area (Å²) in [6.45, 7) is 4.40. The molecule has 108 valence electrons. The van der Waals surface area contributed by atoms with Gasteiger partial charge in [-0.15, -0.1) is 0 Å². The summed E-state index contributed by atoms with van der Waals surface area (Å²) in [5, 5.41) is 2.84. The minimum atomic E-state index is -0.480. The molecule has 1 unspecified atom stereocenters. The largest absolute Gasteiger partial charge is 0.481 e. The monoisotopic (exact) mass is 277 g/mol. The average molecular weight is 277 g/mol. The second kappa shape index (κ2) is 5.77. The molecule has 2 rings (SSSR count). The number of rotatable bonds is 5. The Morgan fingerprint density at radius 2 is 2.25 bits per heavy atom. The highest BCUT2D eigenvalue weighted by Crippen LogP contribution is 2.23. The standard InChI is InChI=1S/C13H19N5O2/c1-4-7-15-12(19)8(2)18-11-9(16-13(18)14)5-6-10(17-11)20-3/h5-6,8H,4,7H2,1-3H3,(H2,14,16)(H,15,19). The lowest BCUT2D eigenvalue weighted by Crippen LogP contribution is -2.32. The number of carbonyl (C=O) groups is 1. The SMILES string of the molecule is CCCNC(=O)C(C)n1c(N)nc2ccc(OC)nc21. The topological polar surface area (TPSA) is 95.1 Å². The predicted octanol–water partition coefficient (Wildman–Crippen LogP) is 1.11. The van der Waals surface area contributed by atoms with Crippen LogP contribution >= 0.6 is 0 Å². The number of nitrogens with two attached hydrogens (primary N) is 1. The van der Waals surface area contributed by atoms with Gasteiger partial charge in [-0.05, 0) is 19.4 Å². The number of hydrogen-bond donors (Lipinski definition) is 2. The van der Waals surface area contributed by atoms with Crippen LogP contribution in [0.15, 0.2) is 12.1 Å². The third-order valence-corrected chi connectivity index (χ3v) is 3.06. The smallest absolute Gasteiger partial charge is 0.242 e. The highest BCUT2D eigenvalue weighted by atomic mass is 16.5. The number of anilines is 1. The Morgan fingerprint density at radius 1 is 1.50 bits per heavy atom. The summed E-state index contributed by atoms with van der Waals surface area (Å²) < 4.78 is 6.71. The van der Waals surface area contributed by atoms with Gasteiger partial charge in [0.15, 0.2) is 5.65 Å². The van der Waals surface area contributed by atoms with Crippen molar-refractivity contribution >= 4 is 23.0 Å². The Hall–Kier alpha value is -2.31. The van der Waals surface area contributed by atoms with Crippen LogP contribution in [0.2, 0.25) is 0 Å². The van der Waals surface area contributed by atoms with Gasteiger partial charge in [-0.3, -0.25) is 9.36 Å². The molecule has 0 aliphatic rings. The molecule has 0 saturated heterocycles. The molecule has 2 heterocycles. The number of imidazole rings is 1. The van der Waals surface area contributed by atoms with Crippen LogP contribution in [-0.2, 0) is 4.79 Å². The fraction of sp³-hybridized carbons (Fsp3) is 0.462. The van der Waals surface area contributed by atoms with Crippen LogP contribution in [-0.4, -0.2) is 34.1 Å². The summed E-state index contributed by atoms with van der Waals surface area (Å²) in [6.07, 6.45) is 0.880. The number of methoxy groups -OCH3 is 1. The van der Waals surface area contributed by atoms with E-state index < -0.39 is 6.04 Å². The Morgan fingerprint density at radius 3 is 2.90 bits per heavy atom. The number of nitrogens with one attached hydrogen (secondary N) is 1. The molecule has 2 aromatic heterocycles. The molecule has 3 N–H and O–H groups in total. The summed E-state index contributed by atoms with van der Waals surface area (Å²) in [7, 11) is 1.54. The van der Waals surface area contributed by atoms with E-state index in [2.05, 4.69) is 15.3 Å². The molecule has 0 aromatic carbocycles. The van der Waals surface area contributed by atoms with Crippen molar-refractivity contribution in [3.63, 3.8) is 0 Å². The van der Waals surface area contributed by atoms with Crippen LogP contribution < -0.4 is 15.8 Å². The molecular formula is C13H19N5O2. The van der Waals surface area contributed by atoms with Crippen LogP contribution in [0, 0.1) is 0 Å². The number of carbonyl (C=O) groups excluding carboxylic acids is 1. The molecular weight excluding hydrogens is 258 g/mol. The minimum absolute atomic E-state index is 0.109. The average Bonchev–Trinajstić information content (AvgIpc) is 2.78. The maximum atomic E-state index is 12.1. The van der Waals surface area contributed by atoms with E-state index in [1.54, 1.807) is 23.6 Å². The first-order valence-electron chi connectivity index (χ1n) is 6.54. The molecule has 7 heteroatoms. The maximum absolute atomic E-state index is 12.1. The van der Waals surface area contributed by atoms with E-state index in [0.717, 1.165) is 6.42 Å². The second-order valence-electron chi connectivity index (χ2n) is 4.50. The molecule has 0 spiro atoms. The van der Waals surface area contributed by atoms with Crippen LogP contribution in [0.4, 0.5) is 5.95 Å². The van der Waals surface area contributed by atoms with E-state index in [1.165, 1.54) is 7.11 Å². The first-order chi connectivity index (χ1) is 9.58. The summed E-state index contributed by atoms with van der Waals surface area (Å²) >= 11 is 0. The number of nitrogens with zero attached hydrogens (tertiary/aromatic N) is 3. The van der Waals surface area contributed by atoms with Crippen molar-refractivity contribution in [2.24, 2.45) is 0 Å². The van der Waals surface area contributed by atoms with Gasteiger partial charge < -0.3 is 15.8 Å². The van der Waals surface area contributed by atoms with Crippen molar-refractivity contribution in [3.8, 4) is 5.88 Å². The molecule has 0 saturated carbocycles. The molecule has 0 bridgehead atoms. The number of aromatic nitrogens is 3. The Labute approximate surface area is 117 Å². The fourth-order valence-electron chi connectivity index (χ4n) is 1.98. The highest BCUT2D eigenvalue weighted by Gasteiger charge is 2.21. The van der Waals surface area contributed by atoms with Crippen molar-refractivity contribution in [1.29, 1.82) is 0 Å². The summed E-state index contributed by atoms with van der Waals surface area (Å²) in [4.78, 5) is 20.6. The molecule has 1 atom stereocenters. The molecule has 0 fully saturated rings. The molecule has 1 amide bonds. The number of ether oxygens (including phenoxy) is 1. The van der Waals surface area contributed by atoms with Crippen molar-refractivity contribution in [2.75, 3.05) is 19.4 Å². The number of pyridine rings is 1. The lowest BCUT2D eigenvalue weighted by Gasteiger charge is -2.15. The Bertz CT molecular complexity index is 622. The summed E-state index contributed by atoms with van der Waals surface area (Å²) in [6, 6.07) is 3.00. The lowest BCUT2D eigenvalue weighted by atomic mass is 10.3. The Balaban J connectivity index is 2.41. The van der Waals surface area contributed by atoms with Gasteiger partial charge in [0.1, 0.15) is 11.6 Å². The molecule has 7 nitrogen and oxygen atoms in total. The molecule has 0 radical (unpaired) electrons. The van der Waals surface area contributed by atoms with Crippen molar-refractivity contribution in [3.05, 3.63) is 12.1 Å². The quantitative estimate of drug-likeness (QED) is 0.853. The lowest BCUT2D eigenvalue weighted by molar-refractivity contribution is -0.123. The first kappa shape index (κ1) is 14.1. The van der Waals surface area contributed by atoms with Crippen LogP contribution in [0.5, 0.6) is 5.88 Å². The predicted molar refractivity (Wildman–Crippen MR) is 76.5 cm³/mol. The van der Waals surface area contributed by atoms with Gasteiger partial charge in [-0.25, -0.2) is 4.98 Å². The number of fused-ring (bicyclic) bond motifs is 1. The number of nitrogen functional groups attached to an aromatic ring is 1. The number of amides is 1. The second-order valence-corrected chi connectivity index (χ2v) is 4.50. The van der Waals surface area contributed by atoms with Gasteiger partial charge in [0.25, 0.3) is 0 Å². The van der Waals surface area contributed by atoms with Crippen molar-refractivity contribution in [1.82, 2.24) is 19.9 Å². The molecule has 0 aliphatic carbocycles. The van der Waals surface area contributed by atoms with E-state index in [1.807, 2.05) is 6.92 Å². The van der Waals surface area contributed by atoms with E-state index in [-0.39, 0.29) is 11.9 Å².